The molecule has 0 spiro atoms. The highest BCUT2D eigenvalue weighted by Gasteiger charge is 2.17. The highest BCUT2D eigenvalue weighted by molar-refractivity contribution is 7.99. The minimum atomic E-state index is -0.797. The summed E-state index contributed by atoms with van der Waals surface area (Å²) in [6.45, 7) is 3.97. The smallest absolute Gasteiger partial charge is 0.266 e. The predicted octanol–water partition coefficient (Wildman–Crippen LogP) is 3.09. The number of benzene rings is 2. The largest absolute Gasteiger partial charge is 0.379 e. The van der Waals surface area contributed by atoms with Gasteiger partial charge in [-0.15, -0.1) is 0 Å². The average molecular weight is 403 g/mol. The molecule has 8 heteroatoms. The minimum Gasteiger partial charge on any atom is -0.379 e. The lowest BCUT2D eigenvalue weighted by atomic mass is 10.2. The Kier molecular flexibility index (Phi) is 5.70. The lowest BCUT2D eigenvalue weighted by Crippen LogP contribution is -2.37. The molecule has 28 heavy (non-hydrogen) atoms. The second-order valence-electron chi connectivity index (χ2n) is 6.45. The standard InChI is InChI=1S/C20H19F2N3O2S/c21-14-5-6-18(16(22)13-14)25-19(26)15-3-1-2-4-17(15)23-20(25)28-12-9-24-7-10-27-11-8-24/h1-6,13H,7-12H2. The molecule has 0 amide bonds. The number of rotatable bonds is 5. The topological polar surface area (TPSA) is 47.4 Å². The molecule has 0 saturated carbocycles. The van der Waals surface area contributed by atoms with E-state index >= 15 is 0 Å². The number of morpholine rings is 1. The van der Waals surface area contributed by atoms with Crippen LogP contribution in [-0.4, -0.2) is 53.1 Å². The summed E-state index contributed by atoms with van der Waals surface area (Å²) in [5.41, 5.74) is 0.184. The Morgan fingerprint density at radius 3 is 2.68 bits per heavy atom. The van der Waals surface area contributed by atoms with Crippen LogP contribution in [-0.2, 0) is 4.74 Å². The fourth-order valence-corrected chi connectivity index (χ4v) is 4.18. The number of hydrogen-bond donors (Lipinski definition) is 0. The van der Waals surface area contributed by atoms with E-state index < -0.39 is 11.6 Å². The lowest BCUT2D eigenvalue weighted by Gasteiger charge is -2.26. The lowest BCUT2D eigenvalue weighted by molar-refractivity contribution is 0.0410. The Hall–Kier alpha value is -2.29. The van der Waals surface area contributed by atoms with Gasteiger partial charge in [0, 0.05) is 31.5 Å². The van der Waals surface area contributed by atoms with Gasteiger partial charge in [-0.05, 0) is 24.3 Å². The number of para-hydroxylation sites is 1. The van der Waals surface area contributed by atoms with Crippen molar-refractivity contribution >= 4 is 22.7 Å². The van der Waals surface area contributed by atoms with Crippen molar-refractivity contribution in [2.45, 2.75) is 5.16 Å². The number of ether oxygens (including phenoxy) is 1. The van der Waals surface area contributed by atoms with E-state index in [9.17, 15) is 13.6 Å². The molecule has 2 heterocycles. The van der Waals surface area contributed by atoms with Crippen LogP contribution >= 0.6 is 11.8 Å². The molecule has 0 radical (unpaired) electrons. The summed E-state index contributed by atoms with van der Waals surface area (Å²) < 4.78 is 34.4. The molecule has 1 aromatic heterocycles. The van der Waals surface area contributed by atoms with Crippen molar-refractivity contribution in [3.8, 4) is 5.69 Å². The molecular weight excluding hydrogens is 384 g/mol. The van der Waals surface area contributed by atoms with Crippen LogP contribution in [0.25, 0.3) is 16.6 Å². The Bertz CT molecular complexity index is 1050. The second-order valence-corrected chi connectivity index (χ2v) is 7.51. The zero-order valence-corrected chi connectivity index (χ0v) is 15.9. The number of nitrogens with zero attached hydrogens (tertiary/aromatic N) is 3. The fraction of sp³-hybridized carbons (Fsp3) is 0.300. The molecule has 1 aliphatic rings. The molecule has 1 fully saturated rings. The van der Waals surface area contributed by atoms with Gasteiger partial charge >= 0.3 is 0 Å². The maximum absolute atomic E-state index is 14.5. The van der Waals surface area contributed by atoms with Gasteiger partial charge < -0.3 is 4.74 Å². The number of thioether (sulfide) groups is 1. The average Bonchev–Trinajstić information content (AvgIpc) is 2.70. The third-order valence-corrected chi connectivity index (χ3v) is 5.56. The van der Waals surface area contributed by atoms with Crippen molar-refractivity contribution in [1.82, 2.24) is 14.5 Å². The van der Waals surface area contributed by atoms with Gasteiger partial charge in [-0.25, -0.2) is 13.8 Å². The maximum Gasteiger partial charge on any atom is 0.266 e. The summed E-state index contributed by atoms with van der Waals surface area (Å²) >= 11 is 1.39. The zero-order chi connectivity index (χ0) is 19.5. The van der Waals surface area contributed by atoms with E-state index in [1.54, 1.807) is 24.3 Å². The van der Waals surface area contributed by atoms with Gasteiger partial charge in [-0.3, -0.25) is 14.3 Å². The van der Waals surface area contributed by atoms with E-state index in [0.29, 0.717) is 35.0 Å². The maximum atomic E-state index is 14.5. The number of aromatic nitrogens is 2. The van der Waals surface area contributed by atoms with Crippen LogP contribution < -0.4 is 5.56 Å². The van der Waals surface area contributed by atoms with Crippen LogP contribution in [0, 0.1) is 11.6 Å². The fourth-order valence-electron chi connectivity index (χ4n) is 3.18. The summed E-state index contributed by atoms with van der Waals surface area (Å²) in [4.78, 5) is 19.9. The summed E-state index contributed by atoms with van der Waals surface area (Å²) in [7, 11) is 0. The summed E-state index contributed by atoms with van der Waals surface area (Å²) in [5, 5.41) is 0.784. The van der Waals surface area contributed by atoms with Gasteiger partial charge in [-0.2, -0.15) is 0 Å². The molecule has 3 aromatic rings. The first-order valence-corrected chi connectivity index (χ1v) is 10.0. The molecule has 0 aliphatic carbocycles. The minimum absolute atomic E-state index is 0.00137. The van der Waals surface area contributed by atoms with Crippen LogP contribution in [0.2, 0.25) is 0 Å². The van der Waals surface area contributed by atoms with Crippen molar-refractivity contribution in [2.24, 2.45) is 0 Å². The number of halogens is 2. The molecule has 1 aliphatic heterocycles. The van der Waals surface area contributed by atoms with Crippen molar-refractivity contribution in [2.75, 3.05) is 38.6 Å². The van der Waals surface area contributed by atoms with Gasteiger partial charge in [0.25, 0.3) is 5.56 Å². The first-order chi connectivity index (χ1) is 13.6. The highest BCUT2D eigenvalue weighted by atomic mass is 32.2. The van der Waals surface area contributed by atoms with Crippen molar-refractivity contribution in [3.63, 3.8) is 0 Å². The van der Waals surface area contributed by atoms with Gasteiger partial charge in [0.05, 0.1) is 29.8 Å². The molecule has 146 valence electrons. The van der Waals surface area contributed by atoms with Crippen molar-refractivity contribution in [3.05, 3.63) is 64.5 Å². The summed E-state index contributed by atoms with van der Waals surface area (Å²) in [5.74, 6) is -0.799. The van der Waals surface area contributed by atoms with Crippen molar-refractivity contribution in [1.29, 1.82) is 0 Å². The summed E-state index contributed by atoms with van der Waals surface area (Å²) in [6.07, 6.45) is 0. The van der Waals surface area contributed by atoms with Crippen LogP contribution in [0.5, 0.6) is 0 Å². The molecule has 0 N–H and O–H groups in total. The van der Waals surface area contributed by atoms with Gasteiger partial charge in [0.15, 0.2) is 5.16 Å². The quantitative estimate of drug-likeness (QED) is 0.484. The molecule has 4 rings (SSSR count). The number of hydrogen-bond acceptors (Lipinski definition) is 5. The first kappa shape index (κ1) is 19.0. The van der Waals surface area contributed by atoms with E-state index in [0.717, 1.165) is 31.8 Å². The molecule has 5 nitrogen and oxygen atoms in total. The van der Waals surface area contributed by atoms with Crippen LogP contribution in [0.3, 0.4) is 0 Å². The second kappa shape index (κ2) is 8.38. The predicted molar refractivity (Wildman–Crippen MR) is 105 cm³/mol. The van der Waals surface area contributed by atoms with Gasteiger partial charge in [-0.1, -0.05) is 23.9 Å². The third kappa shape index (κ3) is 3.94. The molecule has 1 saturated heterocycles. The third-order valence-electron chi connectivity index (χ3n) is 4.64. The van der Waals surface area contributed by atoms with E-state index in [2.05, 4.69) is 9.88 Å². The van der Waals surface area contributed by atoms with Gasteiger partial charge in [0.1, 0.15) is 11.6 Å². The van der Waals surface area contributed by atoms with E-state index in [1.807, 2.05) is 0 Å². The Morgan fingerprint density at radius 1 is 1.11 bits per heavy atom. The molecule has 0 atom stereocenters. The molecule has 0 unspecified atom stereocenters. The molecule has 0 bridgehead atoms. The monoisotopic (exact) mass is 403 g/mol. The summed E-state index contributed by atoms with van der Waals surface area (Å²) in [6, 6.07) is 10.1. The highest BCUT2D eigenvalue weighted by Crippen LogP contribution is 2.23. The van der Waals surface area contributed by atoms with Crippen LogP contribution in [0.4, 0.5) is 8.78 Å². The van der Waals surface area contributed by atoms with Crippen LogP contribution in [0.1, 0.15) is 0 Å². The normalized spacial score (nSPS) is 15.2. The SMILES string of the molecule is O=c1c2ccccc2nc(SCCN2CCOCC2)n1-c1ccc(F)cc1F. The molecule has 2 aromatic carbocycles. The van der Waals surface area contributed by atoms with E-state index in [1.165, 1.54) is 22.4 Å². The molecular formula is C20H19F2N3O2S. The van der Waals surface area contributed by atoms with E-state index in [-0.39, 0.29) is 11.2 Å². The number of fused-ring (bicyclic) bond motifs is 1. The van der Waals surface area contributed by atoms with Crippen LogP contribution in [0.15, 0.2) is 52.4 Å². The van der Waals surface area contributed by atoms with Crippen molar-refractivity contribution < 1.29 is 13.5 Å². The Balaban J connectivity index is 1.72. The zero-order valence-electron chi connectivity index (χ0n) is 15.1. The first-order valence-electron chi connectivity index (χ1n) is 9.03. The van der Waals surface area contributed by atoms with Gasteiger partial charge in [0.2, 0.25) is 0 Å². The Morgan fingerprint density at radius 2 is 1.89 bits per heavy atom. The Labute approximate surface area is 164 Å². The van der Waals surface area contributed by atoms with E-state index in [4.69, 9.17) is 4.74 Å².